The Bertz CT molecular complexity index is 1060. The molecule has 4 rings (SSSR count). The van der Waals surface area contributed by atoms with E-state index in [1.165, 1.54) is 12.1 Å². The maximum atomic E-state index is 12.9. The number of hydrogen-bond acceptors (Lipinski definition) is 5. The number of nitro benzene ring substituents is 1. The number of nitrogens with zero attached hydrogens (tertiary/aromatic N) is 1. The number of carbonyl (C=O) groups excluding carboxylic acids is 1. The number of aryl methyl sites for hydroxylation is 1. The van der Waals surface area contributed by atoms with Crippen LogP contribution in [0.4, 0.5) is 5.69 Å². The van der Waals surface area contributed by atoms with Gasteiger partial charge in [0.2, 0.25) is 0 Å². The molecule has 0 aliphatic carbocycles. The van der Waals surface area contributed by atoms with Gasteiger partial charge in [-0.3, -0.25) is 14.9 Å². The van der Waals surface area contributed by atoms with Crippen LogP contribution in [-0.4, -0.2) is 10.7 Å². The lowest BCUT2D eigenvalue weighted by Gasteiger charge is -2.13. The molecule has 1 aliphatic heterocycles. The van der Waals surface area contributed by atoms with E-state index in [0.29, 0.717) is 11.5 Å². The fraction of sp³-hybridized carbons (Fsp3) is 0.0952. The molecule has 0 radical (unpaired) electrons. The molecule has 0 aromatic heterocycles. The van der Waals surface area contributed by atoms with Crippen molar-refractivity contribution >= 4 is 11.5 Å². The van der Waals surface area contributed by atoms with Crippen molar-refractivity contribution in [2.75, 3.05) is 0 Å². The van der Waals surface area contributed by atoms with E-state index in [4.69, 9.17) is 9.47 Å². The van der Waals surface area contributed by atoms with Crippen molar-refractivity contribution in [3.05, 3.63) is 87.5 Å². The van der Waals surface area contributed by atoms with E-state index >= 15 is 0 Å². The van der Waals surface area contributed by atoms with Crippen molar-refractivity contribution in [1.29, 1.82) is 0 Å². The standard InChI is InChI=1S/C21H15NO5/c1-13-6-8-16(9-7-13)26-19-11-15(22(24)25)12-20-21(19)17(23)10-14-4-2-3-5-18(14)27-20/h2-9,11-12H,10H2,1H3. The van der Waals surface area contributed by atoms with Crippen molar-refractivity contribution < 1.29 is 19.2 Å². The predicted molar refractivity (Wildman–Crippen MR) is 98.9 cm³/mol. The first-order valence-electron chi connectivity index (χ1n) is 8.37. The van der Waals surface area contributed by atoms with Gasteiger partial charge in [0.25, 0.3) is 5.69 Å². The van der Waals surface area contributed by atoms with Gasteiger partial charge in [0.15, 0.2) is 5.78 Å². The van der Waals surface area contributed by atoms with Crippen LogP contribution in [0.2, 0.25) is 0 Å². The summed E-state index contributed by atoms with van der Waals surface area (Å²) >= 11 is 0. The highest BCUT2D eigenvalue weighted by Gasteiger charge is 2.28. The fourth-order valence-electron chi connectivity index (χ4n) is 2.98. The smallest absolute Gasteiger partial charge is 0.276 e. The van der Waals surface area contributed by atoms with Crippen LogP contribution in [0.15, 0.2) is 60.7 Å². The van der Waals surface area contributed by atoms with E-state index in [2.05, 4.69) is 0 Å². The third kappa shape index (κ3) is 3.25. The number of non-ortho nitro benzene ring substituents is 1. The third-order valence-electron chi connectivity index (χ3n) is 4.33. The number of para-hydroxylation sites is 1. The number of Topliss-reactive ketones (excluding diaryl/α,β-unsaturated/α-hetero) is 1. The second-order valence-electron chi connectivity index (χ2n) is 6.30. The van der Waals surface area contributed by atoms with E-state index < -0.39 is 4.92 Å². The number of nitro groups is 1. The topological polar surface area (TPSA) is 78.7 Å². The van der Waals surface area contributed by atoms with Crippen molar-refractivity contribution in [1.82, 2.24) is 0 Å². The molecule has 6 heteroatoms. The zero-order valence-corrected chi connectivity index (χ0v) is 14.5. The minimum absolute atomic E-state index is 0.112. The van der Waals surface area contributed by atoms with Crippen molar-refractivity contribution in [2.24, 2.45) is 0 Å². The molecule has 1 heterocycles. The van der Waals surface area contributed by atoms with E-state index in [0.717, 1.165) is 11.1 Å². The Hall–Kier alpha value is -3.67. The number of carbonyl (C=O) groups is 1. The van der Waals surface area contributed by atoms with Gasteiger partial charge in [-0.25, -0.2) is 0 Å². The fourth-order valence-corrected chi connectivity index (χ4v) is 2.98. The Morgan fingerprint density at radius 1 is 1.04 bits per heavy atom. The first kappa shape index (κ1) is 16.8. The van der Waals surface area contributed by atoms with Gasteiger partial charge in [-0.15, -0.1) is 0 Å². The Morgan fingerprint density at radius 3 is 2.52 bits per heavy atom. The summed E-state index contributed by atoms with van der Waals surface area (Å²) in [5, 5.41) is 11.4. The highest BCUT2D eigenvalue weighted by molar-refractivity contribution is 6.04. The van der Waals surface area contributed by atoms with Crippen LogP contribution in [0.3, 0.4) is 0 Å². The summed E-state index contributed by atoms with van der Waals surface area (Å²) in [6, 6.07) is 16.9. The highest BCUT2D eigenvalue weighted by atomic mass is 16.6. The minimum Gasteiger partial charge on any atom is -0.456 e. The molecule has 0 spiro atoms. The lowest BCUT2D eigenvalue weighted by atomic mass is 10.0. The van der Waals surface area contributed by atoms with Crippen LogP contribution < -0.4 is 9.47 Å². The van der Waals surface area contributed by atoms with E-state index in [1.807, 2.05) is 25.1 Å². The molecule has 0 N–H and O–H groups in total. The molecule has 0 amide bonds. The maximum Gasteiger partial charge on any atom is 0.276 e. The van der Waals surface area contributed by atoms with Gasteiger partial charge in [0, 0.05) is 12.0 Å². The Kier molecular flexibility index (Phi) is 4.08. The van der Waals surface area contributed by atoms with Crippen LogP contribution in [0.25, 0.3) is 0 Å². The molecule has 27 heavy (non-hydrogen) atoms. The minimum atomic E-state index is -0.535. The number of benzene rings is 3. The molecule has 0 fully saturated rings. The van der Waals surface area contributed by atoms with Gasteiger partial charge >= 0.3 is 0 Å². The summed E-state index contributed by atoms with van der Waals surface area (Å²) in [6.07, 6.45) is 0.130. The lowest BCUT2D eigenvalue weighted by Crippen LogP contribution is -2.05. The number of fused-ring (bicyclic) bond motifs is 2. The zero-order chi connectivity index (χ0) is 19.0. The number of rotatable bonds is 3. The molecule has 0 bridgehead atoms. The van der Waals surface area contributed by atoms with Gasteiger partial charge in [-0.05, 0) is 25.1 Å². The summed E-state index contributed by atoms with van der Waals surface area (Å²) in [5.74, 6) is 1.01. The van der Waals surface area contributed by atoms with E-state index in [-0.39, 0.29) is 35.0 Å². The van der Waals surface area contributed by atoms with Gasteiger partial charge in [0.05, 0.1) is 17.1 Å². The first-order valence-corrected chi connectivity index (χ1v) is 8.37. The Morgan fingerprint density at radius 2 is 1.78 bits per heavy atom. The zero-order valence-electron chi connectivity index (χ0n) is 14.5. The second-order valence-corrected chi connectivity index (χ2v) is 6.30. The lowest BCUT2D eigenvalue weighted by molar-refractivity contribution is -0.385. The SMILES string of the molecule is Cc1ccc(Oc2cc([N+](=O)[O-])cc3c2C(=O)Cc2ccccc2O3)cc1. The average Bonchev–Trinajstić information content (AvgIpc) is 2.79. The summed E-state index contributed by atoms with van der Waals surface area (Å²) in [5.41, 5.74) is 1.78. The Labute approximate surface area is 155 Å². The monoisotopic (exact) mass is 361 g/mol. The summed E-state index contributed by atoms with van der Waals surface area (Å²) in [6.45, 7) is 1.94. The summed E-state index contributed by atoms with van der Waals surface area (Å²) in [4.78, 5) is 23.7. The van der Waals surface area contributed by atoms with Gasteiger partial charge in [0.1, 0.15) is 28.6 Å². The normalized spacial score (nSPS) is 12.4. The van der Waals surface area contributed by atoms with Crippen molar-refractivity contribution in [3.63, 3.8) is 0 Å². The molecule has 3 aromatic rings. The largest absolute Gasteiger partial charge is 0.456 e. The van der Waals surface area contributed by atoms with Crippen molar-refractivity contribution in [3.8, 4) is 23.0 Å². The Balaban J connectivity index is 1.85. The molecule has 134 valence electrons. The number of ether oxygens (including phenoxy) is 2. The molecule has 0 unspecified atom stereocenters. The summed E-state index contributed by atoms with van der Waals surface area (Å²) < 4.78 is 11.7. The molecule has 6 nitrogen and oxygen atoms in total. The van der Waals surface area contributed by atoms with E-state index in [9.17, 15) is 14.9 Å². The van der Waals surface area contributed by atoms with Crippen molar-refractivity contribution in [2.45, 2.75) is 13.3 Å². The quantitative estimate of drug-likeness (QED) is 0.472. The molecular formula is C21H15NO5. The molecule has 1 aliphatic rings. The molecule has 0 saturated carbocycles. The number of ketones is 1. The molecular weight excluding hydrogens is 346 g/mol. The van der Waals surface area contributed by atoms with E-state index in [1.54, 1.807) is 30.3 Å². The van der Waals surface area contributed by atoms with Crippen LogP contribution in [-0.2, 0) is 6.42 Å². The van der Waals surface area contributed by atoms with Crippen LogP contribution in [0.1, 0.15) is 21.5 Å². The van der Waals surface area contributed by atoms with Crippen LogP contribution in [0.5, 0.6) is 23.0 Å². The molecule has 0 saturated heterocycles. The molecule has 3 aromatic carbocycles. The van der Waals surface area contributed by atoms with Gasteiger partial charge < -0.3 is 9.47 Å². The predicted octanol–water partition coefficient (Wildman–Crippen LogP) is 5.23. The number of hydrogen-bond donors (Lipinski definition) is 0. The maximum absolute atomic E-state index is 12.9. The average molecular weight is 361 g/mol. The summed E-state index contributed by atoms with van der Waals surface area (Å²) in [7, 11) is 0. The first-order chi connectivity index (χ1) is 13.0. The second kappa shape index (κ2) is 6.57. The third-order valence-corrected chi connectivity index (χ3v) is 4.33. The highest BCUT2D eigenvalue weighted by Crippen LogP contribution is 2.42. The van der Waals surface area contributed by atoms with Crippen LogP contribution >= 0.6 is 0 Å². The molecule has 0 atom stereocenters. The van der Waals surface area contributed by atoms with Crippen LogP contribution in [0, 0.1) is 17.0 Å². The van der Waals surface area contributed by atoms with Gasteiger partial charge in [-0.1, -0.05) is 35.9 Å². The van der Waals surface area contributed by atoms with Gasteiger partial charge in [-0.2, -0.15) is 0 Å².